The summed E-state index contributed by atoms with van der Waals surface area (Å²) in [5.41, 5.74) is 1.14. The van der Waals surface area contributed by atoms with E-state index in [1.54, 1.807) is 0 Å². The van der Waals surface area contributed by atoms with Crippen LogP contribution < -0.4 is 5.32 Å². The number of halogens is 1. The van der Waals surface area contributed by atoms with Crippen molar-refractivity contribution in [2.24, 2.45) is 0 Å². The Morgan fingerprint density at radius 3 is 2.61 bits per heavy atom. The van der Waals surface area contributed by atoms with Crippen LogP contribution in [0.2, 0.25) is 5.02 Å². The summed E-state index contributed by atoms with van der Waals surface area (Å²) in [6, 6.07) is 8.20. The number of benzene rings is 1. The number of hydrogen-bond acceptors (Lipinski definition) is 3. The van der Waals surface area contributed by atoms with E-state index < -0.39 is 0 Å². The summed E-state index contributed by atoms with van der Waals surface area (Å²) in [5, 5.41) is 13.1. The number of likely N-dealkylation sites (N-methyl/N-ethyl adjacent to an activating group) is 1. The molecule has 3 nitrogen and oxygen atoms in total. The van der Waals surface area contributed by atoms with Crippen molar-refractivity contribution in [2.45, 2.75) is 19.4 Å². The summed E-state index contributed by atoms with van der Waals surface area (Å²) in [4.78, 5) is 2.24. The molecule has 102 valence electrons. The van der Waals surface area contributed by atoms with Gasteiger partial charge in [0.25, 0.3) is 0 Å². The highest BCUT2D eigenvalue weighted by Gasteiger charge is 2.13. The molecule has 0 saturated heterocycles. The number of aliphatic hydroxyl groups is 1. The van der Waals surface area contributed by atoms with Crippen LogP contribution in [0.4, 0.5) is 0 Å². The molecule has 18 heavy (non-hydrogen) atoms. The molecule has 0 radical (unpaired) electrons. The zero-order chi connectivity index (χ0) is 13.4. The van der Waals surface area contributed by atoms with E-state index in [1.807, 2.05) is 25.2 Å². The van der Waals surface area contributed by atoms with Gasteiger partial charge in [0, 0.05) is 24.2 Å². The number of nitrogens with zero attached hydrogens (tertiary/aromatic N) is 1. The molecule has 0 aromatic heterocycles. The zero-order valence-electron chi connectivity index (χ0n) is 11.2. The van der Waals surface area contributed by atoms with Gasteiger partial charge < -0.3 is 15.3 Å². The highest BCUT2D eigenvalue weighted by atomic mass is 35.5. The van der Waals surface area contributed by atoms with Crippen LogP contribution in [-0.4, -0.2) is 43.3 Å². The lowest BCUT2D eigenvalue weighted by atomic mass is 10.0. The fourth-order valence-corrected chi connectivity index (χ4v) is 2.36. The molecule has 1 rings (SSSR count). The first kappa shape index (κ1) is 15.4. The van der Waals surface area contributed by atoms with Gasteiger partial charge in [0.15, 0.2) is 0 Å². The summed E-state index contributed by atoms with van der Waals surface area (Å²) < 4.78 is 0. The molecular weight excluding hydrogens is 248 g/mol. The van der Waals surface area contributed by atoms with Gasteiger partial charge in [-0.2, -0.15) is 0 Å². The second-order valence-electron chi connectivity index (χ2n) is 4.31. The van der Waals surface area contributed by atoms with Crippen LogP contribution in [0.1, 0.15) is 24.9 Å². The van der Waals surface area contributed by atoms with Crippen molar-refractivity contribution < 1.29 is 5.11 Å². The molecule has 0 amide bonds. The largest absolute Gasteiger partial charge is 0.395 e. The van der Waals surface area contributed by atoms with Gasteiger partial charge in [-0.05, 0) is 31.6 Å². The molecule has 1 atom stereocenters. The first-order valence-electron chi connectivity index (χ1n) is 6.47. The van der Waals surface area contributed by atoms with Crippen molar-refractivity contribution >= 4 is 11.6 Å². The summed E-state index contributed by atoms with van der Waals surface area (Å²) in [6.07, 6.45) is 0.980. The van der Waals surface area contributed by atoms with Gasteiger partial charge in [-0.3, -0.25) is 0 Å². The van der Waals surface area contributed by atoms with Gasteiger partial charge in [0.1, 0.15) is 0 Å². The van der Waals surface area contributed by atoms with E-state index >= 15 is 0 Å². The van der Waals surface area contributed by atoms with Gasteiger partial charge in [0.2, 0.25) is 0 Å². The van der Waals surface area contributed by atoms with Crippen molar-refractivity contribution in [1.29, 1.82) is 0 Å². The highest BCUT2D eigenvalue weighted by molar-refractivity contribution is 6.31. The minimum Gasteiger partial charge on any atom is -0.395 e. The van der Waals surface area contributed by atoms with E-state index in [9.17, 15) is 0 Å². The van der Waals surface area contributed by atoms with Crippen molar-refractivity contribution in [3.05, 3.63) is 34.9 Å². The highest BCUT2D eigenvalue weighted by Crippen LogP contribution is 2.24. The fourth-order valence-electron chi connectivity index (χ4n) is 2.09. The molecule has 0 bridgehead atoms. The maximum absolute atomic E-state index is 8.97. The van der Waals surface area contributed by atoms with Crippen molar-refractivity contribution in [1.82, 2.24) is 10.2 Å². The maximum atomic E-state index is 8.97. The third-order valence-electron chi connectivity index (χ3n) is 3.23. The lowest BCUT2D eigenvalue weighted by molar-refractivity contribution is 0.196. The Morgan fingerprint density at radius 2 is 2.06 bits per heavy atom. The monoisotopic (exact) mass is 270 g/mol. The molecular formula is C14H23ClN2O. The Labute approximate surface area is 115 Å². The molecule has 0 aliphatic rings. The topological polar surface area (TPSA) is 35.5 Å². The Balaban J connectivity index is 2.60. The number of aliphatic hydroxyl groups excluding tert-OH is 1. The van der Waals surface area contributed by atoms with E-state index in [1.165, 1.54) is 0 Å². The van der Waals surface area contributed by atoms with Crippen LogP contribution in [0.3, 0.4) is 0 Å². The van der Waals surface area contributed by atoms with E-state index in [4.69, 9.17) is 16.7 Å². The Kier molecular flexibility index (Phi) is 7.28. The van der Waals surface area contributed by atoms with Crippen LogP contribution in [0.15, 0.2) is 24.3 Å². The zero-order valence-corrected chi connectivity index (χ0v) is 12.0. The molecule has 4 heteroatoms. The Bertz CT molecular complexity index is 346. The number of hydrogen-bond donors (Lipinski definition) is 2. The van der Waals surface area contributed by atoms with E-state index in [2.05, 4.69) is 23.2 Å². The second-order valence-corrected chi connectivity index (χ2v) is 4.72. The molecule has 0 spiro atoms. The van der Waals surface area contributed by atoms with Gasteiger partial charge in [-0.15, -0.1) is 0 Å². The fraction of sp³-hybridized carbons (Fsp3) is 0.571. The first-order chi connectivity index (χ1) is 8.72. The molecule has 0 saturated carbocycles. The van der Waals surface area contributed by atoms with Gasteiger partial charge >= 0.3 is 0 Å². The predicted molar refractivity (Wildman–Crippen MR) is 77.1 cm³/mol. The summed E-state index contributed by atoms with van der Waals surface area (Å²) in [7, 11) is 1.95. The standard InChI is InChI=1S/C14H23ClN2O/c1-3-17(10-11-18)9-8-14(16-2)12-6-4-5-7-13(12)15/h4-7,14,16,18H,3,8-11H2,1-2H3. The Hall–Kier alpha value is -0.610. The van der Waals surface area contributed by atoms with Crippen molar-refractivity contribution in [3.63, 3.8) is 0 Å². The predicted octanol–water partition coefficient (Wildman–Crippen LogP) is 2.30. The minimum atomic E-state index is 0.212. The third kappa shape index (κ3) is 4.58. The summed E-state index contributed by atoms with van der Waals surface area (Å²) in [6.45, 7) is 4.96. The molecule has 0 heterocycles. The first-order valence-corrected chi connectivity index (χ1v) is 6.85. The smallest absolute Gasteiger partial charge is 0.0558 e. The number of nitrogens with one attached hydrogen (secondary N) is 1. The maximum Gasteiger partial charge on any atom is 0.0558 e. The lowest BCUT2D eigenvalue weighted by Crippen LogP contribution is -2.30. The molecule has 0 aliphatic carbocycles. The van der Waals surface area contributed by atoms with Crippen LogP contribution in [0.5, 0.6) is 0 Å². The summed E-state index contributed by atoms with van der Waals surface area (Å²) in [5.74, 6) is 0. The SMILES string of the molecule is CCN(CCO)CCC(NC)c1ccccc1Cl. The van der Waals surface area contributed by atoms with Crippen LogP contribution in [-0.2, 0) is 0 Å². The van der Waals surface area contributed by atoms with Gasteiger partial charge in [-0.25, -0.2) is 0 Å². The average molecular weight is 271 g/mol. The van der Waals surface area contributed by atoms with Crippen LogP contribution in [0, 0.1) is 0 Å². The van der Waals surface area contributed by atoms with Crippen molar-refractivity contribution in [2.75, 3.05) is 33.3 Å². The van der Waals surface area contributed by atoms with E-state index in [0.29, 0.717) is 0 Å². The lowest BCUT2D eigenvalue weighted by Gasteiger charge is -2.23. The van der Waals surface area contributed by atoms with Gasteiger partial charge in [0.05, 0.1) is 6.61 Å². The third-order valence-corrected chi connectivity index (χ3v) is 3.57. The average Bonchev–Trinajstić information content (AvgIpc) is 2.40. The Morgan fingerprint density at radius 1 is 1.33 bits per heavy atom. The summed E-state index contributed by atoms with van der Waals surface area (Å²) >= 11 is 6.21. The van der Waals surface area contributed by atoms with E-state index in [-0.39, 0.29) is 12.6 Å². The van der Waals surface area contributed by atoms with Gasteiger partial charge in [-0.1, -0.05) is 36.7 Å². The molecule has 1 unspecified atom stereocenters. The van der Waals surface area contributed by atoms with Crippen molar-refractivity contribution in [3.8, 4) is 0 Å². The minimum absolute atomic E-state index is 0.212. The van der Waals surface area contributed by atoms with Crippen LogP contribution >= 0.6 is 11.6 Å². The molecule has 2 N–H and O–H groups in total. The normalized spacial score (nSPS) is 12.9. The number of rotatable bonds is 8. The molecule has 1 aromatic carbocycles. The van der Waals surface area contributed by atoms with Crippen LogP contribution in [0.25, 0.3) is 0 Å². The molecule has 1 aromatic rings. The second kappa shape index (κ2) is 8.48. The quantitative estimate of drug-likeness (QED) is 0.761. The molecule has 0 fully saturated rings. The van der Waals surface area contributed by atoms with E-state index in [0.717, 1.165) is 36.6 Å². The molecule has 0 aliphatic heterocycles.